The summed E-state index contributed by atoms with van der Waals surface area (Å²) < 4.78 is 46.6. The maximum atomic E-state index is 13.2. The van der Waals surface area contributed by atoms with Crippen LogP contribution in [0.4, 0.5) is 5.82 Å². The highest BCUT2D eigenvalue weighted by Crippen LogP contribution is 2.36. The molecule has 192 valence electrons. The highest BCUT2D eigenvalue weighted by atomic mass is 32.2. The predicted octanol–water partition coefficient (Wildman–Crippen LogP) is 2.24. The lowest BCUT2D eigenvalue weighted by atomic mass is 10.1. The molecular formula is C25H20N6O6S. The Bertz CT molecular complexity index is 1780. The molecule has 38 heavy (non-hydrogen) atoms. The van der Waals surface area contributed by atoms with E-state index in [2.05, 4.69) is 20.9 Å². The fourth-order valence-electron chi connectivity index (χ4n) is 4.30. The predicted molar refractivity (Wildman–Crippen MR) is 133 cm³/mol. The molecule has 0 unspecified atom stereocenters. The molecule has 13 heteroatoms. The Labute approximate surface area is 217 Å². The molecule has 0 aliphatic carbocycles. The van der Waals surface area contributed by atoms with Crippen LogP contribution in [-0.2, 0) is 34.5 Å². The Morgan fingerprint density at radius 3 is 2.71 bits per heavy atom. The monoisotopic (exact) mass is 532 g/mol. The number of rotatable bonds is 7. The third-order valence-corrected chi connectivity index (χ3v) is 7.49. The van der Waals surface area contributed by atoms with Crippen molar-refractivity contribution in [3.63, 3.8) is 0 Å². The smallest absolute Gasteiger partial charge is 0.298 e. The third kappa shape index (κ3) is 4.25. The number of sulfonamides is 1. The van der Waals surface area contributed by atoms with E-state index in [-0.39, 0.29) is 33.5 Å². The van der Waals surface area contributed by atoms with Gasteiger partial charge in [0.25, 0.3) is 15.9 Å². The second kappa shape index (κ2) is 9.46. The average Bonchev–Trinajstić information content (AvgIpc) is 3.63. The van der Waals surface area contributed by atoms with Crippen LogP contribution < -0.4 is 14.2 Å². The molecule has 0 bridgehead atoms. The van der Waals surface area contributed by atoms with E-state index >= 15 is 0 Å². The molecule has 0 fully saturated rings. The SMILES string of the molecule is C#CC(=O)N1Cc2cnn(Cc3cc(OC)c4c(NS(=O)(=O)c5ccc(C#N)cc5OC)noc4c3)c2C1. The molecule has 0 spiro atoms. The summed E-state index contributed by atoms with van der Waals surface area (Å²) >= 11 is 0. The van der Waals surface area contributed by atoms with Crippen molar-refractivity contribution in [1.29, 1.82) is 5.26 Å². The van der Waals surface area contributed by atoms with Gasteiger partial charge in [-0.2, -0.15) is 10.4 Å². The lowest BCUT2D eigenvalue weighted by molar-refractivity contribution is -0.125. The number of hydrogen-bond acceptors (Lipinski definition) is 9. The molecule has 0 saturated carbocycles. The summed E-state index contributed by atoms with van der Waals surface area (Å²) in [5.74, 6) is 2.01. The third-order valence-electron chi connectivity index (χ3n) is 6.11. The first-order valence-corrected chi connectivity index (χ1v) is 12.6. The number of anilines is 1. The van der Waals surface area contributed by atoms with Crippen LogP contribution in [-0.4, -0.2) is 48.4 Å². The zero-order valence-electron chi connectivity index (χ0n) is 20.3. The molecule has 12 nitrogen and oxygen atoms in total. The molecule has 2 aromatic heterocycles. The average molecular weight is 533 g/mol. The van der Waals surface area contributed by atoms with Crippen molar-refractivity contribution in [3.8, 4) is 29.9 Å². The van der Waals surface area contributed by atoms with Crippen molar-refractivity contribution in [1.82, 2.24) is 19.8 Å². The van der Waals surface area contributed by atoms with Gasteiger partial charge in [-0.1, -0.05) is 5.16 Å². The Morgan fingerprint density at radius 2 is 2.00 bits per heavy atom. The van der Waals surface area contributed by atoms with Gasteiger partial charge in [-0.25, -0.2) is 8.42 Å². The lowest BCUT2D eigenvalue weighted by Crippen LogP contribution is -2.24. The highest BCUT2D eigenvalue weighted by molar-refractivity contribution is 7.92. The van der Waals surface area contributed by atoms with Crippen LogP contribution in [0.15, 0.2) is 45.9 Å². The van der Waals surface area contributed by atoms with Crippen molar-refractivity contribution in [3.05, 3.63) is 58.9 Å². The number of nitrogens with zero attached hydrogens (tertiary/aromatic N) is 5. The number of hydrogen-bond donors (Lipinski definition) is 1. The highest BCUT2D eigenvalue weighted by Gasteiger charge is 2.27. The summed E-state index contributed by atoms with van der Waals surface area (Å²) in [6.45, 7) is 1.09. The van der Waals surface area contributed by atoms with Crippen LogP contribution in [0, 0.1) is 23.7 Å². The van der Waals surface area contributed by atoms with E-state index < -0.39 is 10.0 Å². The number of amides is 1. The van der Waals surface area contributed by atoms with Crippen LogP contribution in [0.2, 0.25) is 0 Å². The zero-order valence-corrected chi connectivity index (χ0v) is 21.1. The molecule has 5 rings (SSSR count). The van der Waals surface area contributed by atoms with E-state index in [4.69, 9.17) is 25.7 Å². The normalized spacial score (nSPS) is 12.6. The van der Waals surface area contributed by atoms with Gasteiger partial charge in [0, 0.05) is 5.56 Å². The zero-order chi connectivity index (χ0) is 27.0. The minimum absolute atomic E-state index is 0.00728. The first-order chi connectivity index (χ1) is 18.3. The van der Waals surface area contributed by atoms with Crippen LogP contribution in [0.1, 0.15) is 22.4 Å². The second-order valence-corrected chi connectivity index (χ2v) is 10.0. The summed E-state index contributed by atoms with van der Waals surface area (Å²) in [5.41, 5.74) is 3.07. The van der Waals surface area contributed by atoms with Gasteiger partial charge in [0.1, 0.15) is 21.8 Å². The maximum absolute atomic E-state index is 13.2. The van der Waals surface area contributed by atoms with Crippen molar-refractivity contribution in [2.45, 2.75) is 24.5 Å². The Hall–Kier alpha value is -5.01. The Balaban J connectivity index is 1.45. The number of ether oxygens (including phenoxy) is 2. The van der Waals surface area contributed by atoms with Gasteiger partial charge in [-0.15, -0.1) is 6.42 Å². The van der Waals surface area contributed by atoms with E-state index in [1.54, 1.807) is 27.9 Å². The molecular weight excluding hydrogens is 512 g/mol. The van der Waals surface area contributed by atoms with Gasteiger partial charge in [-0.05, 0) is 41.8 Å². The fraction of sp³-hybridized carbons (Fsp3) is 0.200. The van der Waals surface area contributed by atoms with E-state index in [1.807, 2.05) is 6.07 Å². The van der Waals surface area contributed by atoms with Crippen molar-refractivity contribution < 1.29 is 27.2 Å². The molecule has 1 N–H and O–H groups in total. The number of carbonyl (C=O) groups is 1. The largest absolute Gasteiger partial charge is 0.496 e. The molecule has 0 saturated heterocycles. The van der Waals surface area contributed by atoms with Gasteiger partial charge >= 0.3 is 0 Å². The Morgan fingerprint density at radius 1 is 1.21 bits per heavy atom. The summed E-state index contributed by atoms with van der Waals surface area (Å²) in [5, 5.41) is 17.8. The number of nitrogens with one attached hydrogen (secondary N) is 1. The minimum atomic E-state index is -4.16. The number of fused-ring (bicyclic) bond motifs is 2. The quantitative estimate of drug-likeness (QED) is 0.353. The number of aromatic nitrogens is 3. The first-order valence-electron chi connectivity index (χ1n) is 11.1. The molecule has 1 amide bonds. The summed E-state index contributed by atoms with van der Waals surface area (Å²) in [6.07, 6.45) is 6.95. The standard InChI is InChI=1S/C25H20N6O6S/c1-4-23(32)30-13-17-11-27-31(18(17)14-30)12-16-8-20(36-3)24-21(9-16)37-28-25(24)29-38(33,34)22-6-5-15(10-26)7-19(22)35-2/h1,5-9,11H,12-14H2,2-3H3,(H,28,29). The molecule has 0 atom stereocenters. The molecule has 1 aliphatic rings. The maximum Gasteiger partial charge on any atom is 0.298 e. The number of nitriles is 1. The number of carbonyl (C=O) groups excluding carboxylic acids is 1. The van der Waals surface area contributed by atoms with Gasteiger partial charge in [0.15, 0.2) is 11.4 Å². The first kappa shape index (κ1) is 24.7. The lowest BCUT2D eigenvalue weighted by Gasteiger charge is -2.13. The van der Waals surface area contributed by atoms with Crippen molar-refractivity contribution in [2.24, 2.45) is 0 Å². The summed E-state index contributed by atoms with van der Waals surface area (Å²) in [6, 6.07) is 9.35. The van der Waals surface area contributed by atoms with Crippen LogP contribution in [0.25, 0.3) is 11.0 Å². The molecule has 2 aromatic carbocycles. The van der Waals surface area contributed by atoms with Crippen molar-refractivity contribution in [2.75, 3.05) is 18.9 Å². The molecule has 3 heterocycles. The number of benzene rings is 2. The van der Waals surface area contributed by atoms with Crippen LogP contribution in [0.5, 0.6) is 11.5 Å². The van der Waals surface area contributed by atoms with Crippen LogP contribution in [0.3, 0.4) is 0 Å². The summed E-state index contributed by atoms with van der Waals surface area (Å²) in [4.78, 5) is 13.3. The van der Waals surface area contributed by atoms with E-state index in [9.17, 15) is 13.2 Å². The number of methoxy groups -OCH3 is 2. The molecule has 0 radical (unpaired) electrons. The number of terminal acetylenes is 1. The molecule has 1 aliphatic heterocycles. The van der Waals surface area contributed by atoms with Gasteiger partial charge < -0.3 is 18.9 Å². The van der Waals surface area contributed by atoms with Crippen LogP contribution >= 0.6 is 0 Å². The topological polar surface area (TPSA) is 153 Å². The van der Waals surface area contributed by atoms with Crippen molar-refractivity contribution >= 4 is 32.7 Å². The minimum Gasteiger partial charge on any atom is -0.496 e. The van der Waals surface area contributed by atoms with E-state index in [0.717, 1.165) is 16.8 Å². The van der Waals surface area contributed by atoms with E-state index in [0.29, 0.717) is 30.8 Å². The fourth-order valence-corrected chi connectivity index (χ4v) is 5.46. The van der Waals surface area contributed by atoms with Gasteiger partial charge in [0.05, 0.1) is 57.4 Å². The van der Waals surface area contributed by atoms with E-state index in [1.165, 1.54) is 32.4 Å². The second-order valence-electron chi connectivity index (χ2n) is 8.37. The Kier molecular flexibility index (Phi) is 6.14. The summed E-state index contributed by atoms with van der Waals surface area (Å²) in [7, 11) is -1.41. The molecule has 4 aromatic rings. The van der Waals surface area contributed by atoms with Gasteiger partial charge in [0.2, 0.25) is 0 Å². The van der Waals surface area contributed by atoms with Gasteiger partial charge in [-0.3, -0.25) is 14.2 Å².